The van der Waals surface area contributed by atoms with Crippen molar-refractivity contribution in [2.75, 3.05) is 20.3 Å². The van der Waals surface area contributed by atoms with E-state index in [4.69, 9.17) is 9.47 Å². The number of carbonyl (C=O) groups excluding carboxylic acids is 1. The average molecular weight is 172 g/mol. The normalized spacial score (nSPS) is 39.6. The summed E-state index contributed by atoms with van der Waals surface area (Å²) in [7, 11) is 1.38. The highest BCUT2D eigenvalue weighted by molar-refractivity contribution is 5.79. The van der Waals surface area contributed by atoms with Crippen molar-refractivity contribution in [1.82, 2.24) is 0 Å². The summed E-state index contributed by atoms with van der Waals surface area (Å²) in [5.41, 5.74) is -0.328. The summed E-state index contributed by atoms with van der Waals surface area (Å²) in [6.45, 7) is 1.31. The van der Waals surface area contributed by atoms with Crippen LogP contribution >= 0.6 is 0 Å². The zero-order valence-corrected chi connectivity index (χ0v) is 7.04. The van der Waals surface area contributed by atoms with E-state index in [0.29, 0.717) is 6.61 Å². The molecule has 2 aliphatic rings. The van der Waals surface area contributed by atoms with E-state index in [0.717, 1.165) is 19.4 Å². The second-order valence-corrected chi connectivity index (χ2v) is 3.24. The Hall–Kier alpha value is -0.610. The molecule has 0 aromatic rings. The molecular weight excluding hydrogens is 160 g/mol. The number of esters is 1. The summed E-state index contributed by atoms with van der Waals surface area (Å²) in [5, 5.41) is 0. The molecule has 0 aromatic carbocycles. The Labute approximate surface area is 70.8 Å². The molecule has 1 spiro atoms. The maximum Gasteiger partial charge on any atom is 0.338 e. The van der Waals surface area contributed by atoms with Gasteiger partial charge in [-0.15, -0.1) is 0 Å². The molecule has 4 nitrogen and oxygen atoms in total. The third-order valence-corrected chi connectivity index (χ3v) is 2.42. The van der Waals surface area contributed by atoms with Crippen LogP contribution < -0.4 is 0 Å². The van der Waals surface area contributed by atoms with Crippen LogP contribution in [0.4, 0.5) is 0 Å². The number of methoxy groups -OCH3 is 1. The second-order valence-electron chi connectivity index (χ2n) is 3.24. The van der Waals surface area contributed by atoms with Gasteiger partial charge in [-0.2, -0.15) is 0 Å². The Morgan fingerprint density at radius 2 is 2.50 bits per heavy atom. The first-order chi connectivity index (χ1) is 5.78. The van der Waals surface area contributed by atoms with E-state index >= 15 is 0 Å². The van der Waals surface area contributed by atoms with E-state index in [-0.39, 0.29) is 17.7 Å². The van der Waals surface area contributed by atoms with Crippen LogP contribution in [0.2, 0.25) is 0 Å². The summed E-state index contributed by atoms with van der Waals surface area (Å²) >= 11 is 0. The molecule has 2 heterocycles. The van der Waals surface area contributed by atoms with E-state index in [1.54, 1.807) is 0 Å². The Morgan fingerprint density at radius 3 is 3.08 bits per heavy atom. The summed E-state index contributed by atoms with van der Waals surface area (Å²) in [5.74, 6) is -0.277. The van der Waals surface area contributed by atoms with Gasteiger partial charge < -0.3 is 14.2 Å². The summed E-state index contributed by atoms with van der Waals surface area (Å²) < 4.78 is 15.1. The van der Waals surface area contributed by atoms with Crippen LogP contribution in [0.25, 0.3) is 0 Å². The summed E-state index contributed by atoms with van der Waals surface area (Å²) in [4.78, 5) is 11.0. The molecule has 2 saturated heterocycles. The van der Waals surface area contributed by atoms with E-state index in [9.17, 15) is 4.79 Å². The van der Waals surface area contributed by atoms with E-state index in [2.05, 4.69) is 4.74 Å². The van der Waals surface area contributed by atoms with Crippen LogP contribution in [-0.4, -0.2) is 38.0 Å². The molecule has 0 saturated carbocycles. The fourth-order valence-electron chi connectivity index (χ4n) is 1.66. The molecular formula is C8H12O4. The van der Waals surface area contributed by atoms with Gasteiger partial charge >= 0.3 is 5.97 Å². The minimum absolute atomic E-state index is 0.277. The molecule has 4 heteroatoms. The minimum atomic E-state index is -0.372. The summed E-state index contributed by atoms with van der Waals surface area (Å²) in [6, 6.07) is 0. The van der Waals surface area contributed by atoms with Crippen molar-refractivity contribution in [2.24, 2.45) is 0 Å². The SMILES string of the molecule is COC(=O)C1OC12CCCOC2. The van der Waals surface area contributed by atoms with Gasteiger partial charge in [0.1, 0.15) is 5.60 Å². The molecule has 2 atom stereocenters. The van der Waals surface area contributed by atoms with Gasteiger partial charge in [0.25, 0.3) is 0 Å². The molecule has 0 aromatic heterocycles. The first-order valence-electron chi connectivity index (χ1n) is 4.12. The van der Waals surface area contributed by atoms with Gasteiger partial charge in [0.05, 0.1) is 13.7 Å². The highest BCUT2D eigenvalue weighted by atomic mass is 16.7. The van der Waals surface area contributed by atoms with Gasteiger partial charge in [0.15, 0.2) is 6.10 Å². The average Bonchev–Trinajstić information content (AvgIpc) is 2.80. The fraction of sp³-hybridized carbons (Fsp3) is 0.875. The number of hydrogen-bond acceptors (Lipinski definition) is 4. The number of ether oxygens (including phenoxy) is 3. The highest BCUT2D eigenvalue weighted by Gasteiger charge is 2.62. The molecule has 2 aliphatic heterocycles. The van der Waals surface area contributed by atoms with Crippen LogP contribution in [-0.2, 0) is 19.0 Å². The molecule has 2 unspecified atom stereocenters. The zero-order valence-electron chi connectivity index (χ0n) is 7.04. The number of epoxide rings is 1. The van der Waals surface area contributed by atoms with Gasteiger partial charge in [0, 0.05) is 6.61 Å². The predicted molar refractivity (Wildman–Crippen MR) is 39.7 cm³/mol. The number of hydrogen-bond donors (Lipinski definition) is 0. The molecule has 0 radical (unpaired) electrons. The smallest absolute Gasteiger partial charge is 0.338 e. The van der Waals surface area contributed by atoms with Crippen LogP contribution in [0.15, 0.2) is 0 Å². The summed E-state index contributed by atoms with van der Waals surface area (Å²) in [6.07, 6.45) is 1.50. The van der Waals surface area contributed by atoms with Gasteiger partial charge in [-0.05, 0) is 12.8 Å². The first-order valence-corrected chi connectivity index (χ1v) is 4.12. The van der Waals surface area contributed by atoms with Crippen LogP contribution in [0.5, 0.6) is 0 Å². The molecule has 2 fully saturated rings. The van der Waals surface area contributed by atoms with Crippen LogP contribution in [0, 0.1) is 0 Å². The van der Waals surface area contributed by atoms with Crippen molar-refractivity contribution in [2.45, 2.75) is 24.5 Å². The highest BCUT2D eigenvalue weighted by Crippen LogP contribution is 2.43. The molecule has 0 amide bonds. The van der Waals surface area contributed by atoms with Gasteiger partial charge in [-0.25, -0.2) is 4.79 Å². The number of carbonyl (C=O) groups is 1. The molecule has 12 heavy (non-hydrogen) atoms. The second kappa shape index (κ2) is 2.71. The van der Waals surface area contributed by atoms with Crippen molar-refractivity contribution in [3.8, 4) is 0 Å². The van der Waals surface area contributed by atoms with E-state index in [1.165, 1.54) is 7.11 Å². The van der Waals surface area contributed by atoms with Crippen molar-refractivity contribution in [3.05, 3.63) is 0 Å². The topological polar surface area (TPSA) is 48.1 Å². The quantitative estimate of drug-likeness (QED) is 0.416. The fourth-order valence-corrected chi connectivity index (χ4v) is 1.66. The van der Waals surface area contributed by atoms with Crippen molar-refractivity contribution in [1.29, 1.82) is 0 Å². The molecule has 0 N–H and O–H groups in total. The zero-order chi connectivity index (χ0) is 8.60. The standard InChI is InChI=1S/C8H12O4/c1-10-7(9)6-8(12-6)3-2-4-11-5-8/h6H,2-5H2,1H3. The van der Waals surface area contributed by atoms with E-state index in [1.807, 2.05) is 0 Å². The lowest BCUT2D eigenvalue weighted by Crippen LogP contribution is -2.31. The monoisotopic (exact) mass is 172 g/mol. The lowest BCUT2D eigenvalue weighted by molar-refractivity contribution is -0.142. The van der Waals surface area contributed by atoms with Gasteiger partial charge in [0.2, 0.25) is 0 Å². The largest absolute Gasteiger partial charge is 0.467 e. The van der Waals surface area contributed by atoms with Gasteiger partial charge in [-0.1, -0.05) is 0 Å². The Bertz CT molecular complexity index is 195. The first kappa shape index (κ1) is 8.01. The molecule has 68 valence electrons. The molecule has 0 bridgehead atoms. The maximum atomic E-state index is 11.0. The lowest BCUT2D eigenvalue weighted by Gasteiger charge is -2.18. The van der Waals surface area contributed by atoms with Crippen molar-refractivity contribution in [3.63, 3.8) is 0 Å². The maximum absolute atomic E-state index is 11.0. The Morgan fingerprint density at radius 1 is 1.67 bits per heavy atom. The van der Waals surface area contributed by atoms with Gasteiger partial charge in [-0.3, -0.25) is 0 Å². The van der Waals surface area contributed by atoms with Crippen molar-refractivity contribution >= 4 is 5.97 Å². The molecule has 2 rings (SSSR count). The molecule has 0 aliphatic carbocycles. The number of rotatable bonds is 1. The minimum Gasteiger partial charge on any atom is -0.467 e. The Kier molecular flexibility index (Phi) is 1.81. The van der Waals surface area contributed by atoms with Crippen LogP contribution in [0.1, 0.15) is 12.8 Å². The van der Waals surface area contributed by atoms with Crippen LogP contribution in [0.3, 0.4) is 0 Å². The Balaban J connectivity index is 1.95. The predicted octanol–water partition coefficient (Wildman–Crippen LogP) is 0.107. The third-order valence-electron chi connectivity index (χ3n) is 2.42. The van der Waals surface area contributed by atoms with E-state index < -0.39 is 0 Å². The third kappa shape index (κ3) is 1.11. The lowest BCUT2D eigenvalue weighted by atomic mass is 9.98. The van der Waals surface area contributed by atoms with Crippen molar-refractivity contribution < 1.29 is 19.0 Å².